The highest BCUT2D eigenvalue weighted by Gasteiger charge is 2.22. The summed E-state index contributed by atoms with van der Waals surface area (Å²) in [6.45, 7) is 4.19. The Morgan fingerprint density at radius 3 is 2.54 bits per heavy atom. The number of nitrogens with zero attached hydrogens (tertiary/aromatic N) is 3. The molecular weight excluding hydrogens is 298 g/mol. The van der Waals surface area contributed by atoms with Crippen LogP contribution in [0.15, 0.2) is 36.7 Å². The lowest BCUT2D eigenvalue weighted by molar-refractivity contribution is 0.132. The maximum atomic E-state index is 9.40. The minimum atomic E-state index is 0.341. The highest BCUT2D eigenvalue weighted by atomic mass is 16.3. The van der Waals surface area contributed by atoms with Crippen molar-refractivity contribution in [2.24, 2.45) is 0 Å². The monoisotopic (exact) mass is 325 g/mol. The summed E-state index contributed by atoms with van der Waals surface area (Å²) in [4.78, 5) is 11.4. The van der Waals surface area contributed by atoms with E-state index in [0.717, 1.165) is 31.8 Å². The molecule has 0 saturated carbocycles. The minimum absolute atomic E-state index is 0.341. The number of rotatable bonds is 6. The van der Waals surface area contributed by atoms with Crippen LogP contribution in [0, 0.1) is 0 Å². The van der Waals surface area contributed by atoms with Gasteiger partial charge < -0.3 is 5.11 Å². The molecule has 3 rings (SSSR count). The van der Waals surface area contributed by atoms with Crippen LogP contribution in [0.5, 0.6) is 5.75 Å². The standard InChI is InChI=1S/C20H27N3O/c1-2-20-21-13-17(14-22-20)15-23-12-4-3-5-18(23)9-6-16-7-10-19(24)11-8-16/h7-8,10-11,13-14,18,24H,2-6,9,12,15H2,1H3/t18-/m1/s1. The van der Waals surface area contributed by atoms with Crippen LogP contribution in [0.2, 0.25) is 0 Å². The van der Waals surface area contributed by atoms with Gasteiger partial charge in [-0.1, -0.05) is 25.5 Å². The number of likely N-dealkylation sites (tertiary alicyclic amines) is 1. The number of aromatic nitrogens is 2. The van der Waals surface area contributed by atoms with Gasteiger partial charge in [-0.3, -0.25) is 4.90 Å². The van der Waals surface area contributed by atoms with Gasteiger partial charge in [-0.05, 0) is 49.9 Å². The predicted octanol–water partition coefficient (Wildman–Crippen LogP) is 3.73. The molecule has 0 radical (unpaired) electrons. The zero-order valence-electron chi connectivity index (χ0n) is 14.5. The summed E-state index contributed by atoms with van der Waals surface area (Å²) < 4.78 is 0. The summed E-state index contributed by atoms with van der Waals surface area (Å²) >= 11 is 0. The van der Waals surface area contributed by atoms with Crippen LogP contribution in [0.25, 0.3) is 0 Å². The number of aryl methyl sites for hydroxylation is 2. The highest BCUT2D eigenvalue weighted by Crippen LogP contribution is 2.23. The lowest BCUT2D eigenvalue weighted by Gasteiger charge is -2.35. The number of aromatic hydroxyl groups is 1. The van der Waals surface area contributed by atoms with Gasteiger partial charge in [-0.2, -0.15) is 0 Å². The number of phenols is 1. The maximum Gasteiger partial charge on any atom is 0.127 e. The Bertz CT molecular complexity index is 624. The normalized spacial score (nSPS) is 18.6. The Balaban J connectivity index is 1.58. The Hall–Kier alpha value is -1.94. The first-order valence-electron chi connectivity index (χ1n) is 9.06. The summed E-state index contributed by atoms with van der Waals surface area (Å²) in [6, 6.07) is 8.24. The van der Waals surface area contributed by atoms with Crippen LogP contribution >= 0.6 is 0 Å². The third-order valence-corrected chi connectivity index (χ3v) is 4.91. The van der Waals surface area contributed by atoms with Gasteiger partial charge >= 0.3 is 0 Å². The number of piperidine rings is 1. The second-order valence-electron chi connectivity index (χ2n) is 6.69. The average molecular weight is 325 g/mol. The van der Waals surface area contributed by atoms with E-state index in [4.69, 9.17) is 0 Å². The molecule has 1 fully saturated rings. The topological polar surface area (TPSA) is 49.2 Å². The van der Waals surface area contributed by atoms with E-state index in [2.05, 4.69) is 21.8 Å². The molecule has 1 aliphatic rings. The zero-order chi connectivity index (χ0) is 16.8. The Morgan fingerprint density at radius 2 is 1.83 bits per heavy atom. The summed E-state index contributed by atoms with van der Waals surface area (Å²) in [6.07, 6.45) is 11.0. The van der Waals surface area contributed by atoms with Crippen LogP contribution in [0.1, 0.15) is 49.6 Å². The predicted molar refractivity (Wildman–Crippen MR) is 95.9 cm³/mol. The number of benzene rings is 1. The van der Waals surface area contributed by atoms with E-state index in [-0.39, 0.29) is 0 Å². The fourth-order valence-electron chi connectivity index (χ4n) is 3.47. The van der Waals surface area contributed by atoms with E-state index in [1.54, 1.807) is 12.1 Å². The zero-order valence-corrected chi connectivity index (χ0v) is 14.5. The fraction of sp³-hybridized carbons (Fsp3) is 0.500. The lowest BCUT2D eigenvalue weighted by atomic mass is 9.95. The van der Waals surface area contributed by atoms with Gasteiger partial charge in [0.25, 0.3) is 0 Å². The van der Waals surface area contributed by atoms with Crippen molar-refractivity contribution in [3.63, 3.8) is 0 Å². The molecule has 1 N–H and O–H groups in total. The number of hydrogen-bond acceptors (Lipinski definition) is 4. The molecule has 2 aromatic rings. The third-order valence-electron chi connectivity index (χ3n) is 4.91. The SMILES string of the molecule is CCc1ncc(CN2CCCC[C@@H]2CCc2ccc(O)cc2)cn1. The number of phenolic OH excluding ortho intramolecular Hbond substituents is 1. The first-order valence-corrected chi connectivity index (χ1v) is 9.06. The molecular formula is C20H27N3O. The molecule has 24 heavy (non-hydrogen) atoms. The van der Waals surface area contributed by atoms with E-state index in [1.807, 2.05) is 24.5 Å². The molecule has 0 unspecified atom stereocenters. The van der Waals surface area contributed by atoms with Gasteiger partial charge in [0, 0.05) is 37.0 Å². The van der Waals surface area contributed by atoms with Crippen molar-refractivity contribution in [3.8, 4) is 5.75 Å². The molecule has 1 saturated heterocycles. The minimum Gasteiger partial charge on any atom is -0.508 e. The first kappa shape index (κ1) is 16.9. The van der Waals surface area contributed by atoms with Gasteiger partial charge in [0.05, 0.1) is 0 Å². The summed E-state index contributed by atoms with van der Waals surface area (Å²) in [5.74, 6) is 1.26. The van der Waals surface area contributed by atoms with E-state index >= 15 is 0 Å². The van der Waals surface area contributed by atoms with E-state index < -0.39 is 0 Å². The molecule has 0 aliphatic carbocycles. The molecule has 1 aliphatic heterocycles. The second kappa shape index (κ2) is 8.25. The summed E-state index contributed by atoms with van der Waals surface area (Å²) in [7, 11) is 0. The van der Waals surface area contributed by atoms with Crippen molar-refractivity contribution in [2.75, 3.05) is 6.54 Å². The Kier molecular flexibility index (Phi) is 5.81. The molecule has 1 atom stereocenters. The number of hydrogen-bond donors (Lipinski definition) is 1. The molecule has 0 amide bonds. The van der Waals surface area contributed by atoms with Crippen molar-refractivity contribution >= 4 is 0 Å². The van der Waals surface area contributed by atoms with Crippen LogP contribution in [-0.4, -0.2) is 32.6 Å². The van der Waals surface area contributed by atoms with Crippen molar-refractivity contribution in [3.05, 3.63) is 53.6 Å². The van der Waals surface area contributed by atoms with Crippen LogP contribution < -0.4 is 0 Å². The first-order chi connectivity index (χ1) is 11.7. The second-order valence-corrected chi connectivity index (χ2v) is 6.69. The van der Waals surface area contributed by atoms with Gasteiger partial charge in [-0.25, -0.2) is 9.97 Å². The Morgan fingerprint density at radius 1 is 1.08 bits per heavy atom. The summed E-state index contributed by atoms with van der Waals surface area (Å²) in [5.41, 5.74) is 2.51. The maximum absolute atomic E-state index is 9.40. The van der Waals surface area contributed by atoms with Crippen LogP contribution in [-0.2, 0) is 19.4 Å². The van der Waals surface area contributed by atoms with Crippen LogP contribution in [0.4, 0.5) is 0 Å². The van der Waals surface area contributed by atoms with Crippen LogP contribution in [0.3, 0.4) is 0 Å². The van der Waals surface area contributed by atoms with E-state index in [9.17, 15) is 5.11 Å². The molecule has 0 spiro atoms. The average Bonchev–Trinajstić information content (AvgIpc) is 2.63. The molecule has 4 heteroatoms. The van der Waals surface area contributed by atoms with E-state index in [0.29, 0.717) is 11.8 Å². The van der Waals surface area contributed by atoms with Crippen molar-refractivity contribution < 1.29 is 5.11 Å². The molecule has 128 valence electrons. The van der Waals surface area contributed by atoms with Gasteiger partial charge in [0.2, 0.25) is 0 Å². The molecule has 1 aromatic heterocycles. The van der Waals surface area contributed by atoms with Gasteiger partial charge in [0.1, 0.15) is 11.6 Å². The quantitative estimate of drug-likeness (QED) is 0.879. The summed E-state index contributed by atoms with van der Waals surface area (Å²) in [5, 5.41) is 9.40. The molecule has 2 heterocycles. The molecule has 4 nitrogen and oxygen atoms in total. The smallest absolute Gasteiger partial charge is 0.127 e. The largest absolute Gasteiger partial charge is 0.508 e. The molecule has 1 aromatic carbocycles. The highest BCUT2D eigenvalue weighted by molar-refractivity contribution is 5.26. The van der Waals surface area contributed by atoms with Gasteiger partial charge in [-0.15, -0.1) is 0 Å². The van der Waals surface area contributed by atoms with Crippen molar-refractivity contribution in [1.29, 1.82) is 0 Å². The third kappa shape index (κ3) is 4.54. The lowest BCUT2D eigenvalue weighted by Crippen LogP contribution is -2.39. The van der Waals surface area contributed by atoms with Crippen molar-refractivity contribution in [2.45, 2.75) is 58.0 Å². The Labute approximate surface area is 144 Å². The van der Waals surface area contributed by atoms with E-state index in [1.165, 1.54) is 36.8 Å². The molecule has 0 bridgehead atoms. The van der Waals surface area contributed by atoms with Crippen molar-refractivity contribution in [1.82, 2.24) is 14.9 Å². The fourth-order valence-corrected chi connectivity index (χ4v) is 3.47. The van der Waals surface area contributed by atoms with Gasteiger partial charge in [0.15, 0.2) is 0 Å².